The molecule has 2 aliphatic rings. The molecule has 2 fully saturated rings. The zero-order valence-electron chi connectivity index (χ0n) is 14.2. The smallest absolute Gasteiger partial charge is 0.272 e. The van der Waals surface area contributed by atoms with E-state index in [4.69, 9.17) is 9.47 Å². The standard InChI is InChI=1S/C17H26N4O3/c1-23-14-4-2-3-13(11-14)18-16-6-5-15(20-21-16)17(22)19-12-7-9-24-10-8-12/h5-6,12-14H,2-4,7-11H2,1H3,(H,18,21)(H,19,22). The molecule has 0 radical (unpaired) electrons. The molecular formula is C17H26N4O3. The number of aromatic nitrogens is 2. The van der Waals surface area contributed by atoms with E-state index in [0.717, 1.165) is 38.5 Å². The number of hydrogen-bond donors (Lipinski definition) is 2. The first-order valence-electron chi connectivity index (χ1n) is 8.76. The normalized spacial score (nSPS) is 25.2. The van der Waals surface area contributed by atoms with Crippen LogP contribution in [0.1, 0.15) is 49.0 Å². The Labute approximate surface area is 142 Å². The van der Waals surface area contributed by atoms with E-state index in [2.05, 4.69) is 20.8 Å². The molecule has 1 aliphatic heterocycles. The van der Waals surface area contributed by atoms with Gasteiger partial charge in [-0.2, -0.15) is 0 Å². The van der Waals surface area contributed by atoms with Gasteiger partial charge >= 0.3 is 0 Å². The van der Waals surface area contributed by atoms with Crippen LogP contribution in [-0.4, -0.2) is 54.6 Å². The van der Waals surface area contributed by atoms with E-state index in [-0.39, 0.29) is 11.9 Å². The number of amides is 1. The van der Waals surface area contributed by atoms with Crippen LogP contribution in [0.25, 0.3) is 0 Å². The third kappa shape index (κ3) is 4.64. The van der Waals surface area contributed by atoms with Crippen LogP contribution in [0.2, 0.25) is 0 Å². The highest BCUT2D eigenvalue weighted by atomic mass is 16.5. The molecule has 1 amide bonds. The number of methoxy groups -OCH3 is 1. The number of hydrogen-bond acceptors (Lipinski definition) is 6. The number of rotatable bonds is 5. The molecule has 2 atom stereocenters. The van der Waals surface area contributed by atoms with E-state index >= 15 is 0 Å². The summed E-state index contributed by atoms with van der Waals surface area (Å²) in [4.78, 5) is 12.2. The zero-order valence-corrected chi connectivity index (χ0v) is 14.2. The molecule has 1 aromatic rings. The van der Waals surface area contributed by atoms with E-state index in [0.29, 0.717) is 36.9 Å². The van der Waals surface area contributed by atoms with Gasteiger partial charge in [-0.15, -0.1) is 10.2 Å². The summed E-state index contributed by atoms with van der Waals surface area (Å²) in [5.74, 6) is 0.539. The lowest BCUT2D eigenvalue weighted by molar-refractivity contribution is 0.0669. The van der Waals surface area contributed by atoms with Crippen molar-refractivity contribution >= 4 is 11.7 Å². The fourth-order valence-corrected chi connectivity index (χ4v) is 3.33. The minimum absolute atomic E-state index is 0.166. The van der Waals surface area contributed by atoms with Gasteiger partial charge in [0, 0.05) is 32.4 Å². The van der Waals surface area contributed by atoms with Gasteiger partial charge in [-0.25, -0.2) is 0 Å². The molecule has 3 rings (SSSR count). The molecule has 7 nitrogen and oxygen atoms in total. The van der Waals surface area contributed by atoms with Crippen LogP contribution in [0.3, 0.4) is 0 Å². The van der Waals surface area contributed by atoms with E-state index in [1.165, 1.54) is 0 Å². The number of nitrogens with one attached hydrogen (secondary N) is 2. The quantitative estimate of drug-likeness (QED) is 0.853. The Bertz CT molecular complexity index is 531. The molecule has 0 bridgehead atoms. The minimum atomic E-state index is -0.168. The summed E-state index contributed by atoms with van der Waals surface area (Å²) in [6.45, 7) is 1.40. The second kappa shape index (κ2) is 8.39. The maximum absolute atomic E-state index is 12.2. The molecule has 7 heteroatoms. The van der Waals surface area contributed by atoms with Crippen LogP contribution in [0, 0.1) is 0 Å². The molecule has 2 N–H and O–H groups in total. The lowest BCUT2D eigenvalue weighted by Crippen LogP contribution is -2.39. The van der Waals surface area contributed by atoms with Gasteiger partial charge in [0.25, 0.3) is 5.91 Å². The second-order valence-electron chi connectivity index (χ2n) is 6.53. The molecule has 1 aromatic heterocycles. The topological polar surface area (TPSA) is 85.4 Å². The largest absolute Gasteiger partial charge is 0.381 e. The first kappa shape index (κ1) is 17.1. The highest BCUT2D eigenvalue weighted by Gasteiger charge is 2.22. The third-order valence-electron chi connectivity index (χ3n) is 4.77. The third-order valence-corrected chi connectivity index (χ3v) is 4.77. The van der Waals surface area contributed by atoms with Crippen LogP contribution in [-0.2, 0) is 9.47 Å². The SMILES string of the molecule is COC1CCCC(Nc2ccc(C(=O)NC3CCOCC3)nn2)C1. The van der Waals surface area contributed by atoms with Gasteiger partial charge in [-0.1, -0.05) is 0 Å². The van der Waals surface area contributed by atoms with Crippen LogP contribution in [0.15, 0.2) is 12.1 Å². The summed E-state index contributed by atoms with van der Waals surface area (Å²) in [6.07, 6.45) is 6.36. The average Bonchev–Trinajstić information content (AvgIpc) is 2.63. The van der Waals surface area contributed by atoms with Gasteiger partial charge < -0.3 is 20.1 Å². The van der Waals surface area contributed by atoms with Gasteiger partial charge in [0.05, 0.1) is 6.10 Å². The molecule has 2 unspecified atom stereocenters. The van der Waals surface area contributed by atoms with Crippen LogP contribution >= 0.6 is 0 Å². The van der Waals surface area contributed by atoms with Crippen molar-refractivity contribution in [2.45, 2.75) is 56.7 Å². The number of anilines is 1. The molecule has 1 aliphatic carbocycles. The Hall–Kier alpha value is -1.73. The van der Waals surface area contributed by atoms with Gasteiger partial charge in [0.2, 0.25) is 0 Å². The van der Waals surface area contributed by atoms with Crippen molar-refractivity contribution in [2.24, 2.45) is 0 Å². The first-order chi connectivity index (χ1) is 11.7. The van der Waals surface area contributed by atoms with Crippen molar-refractivity contribution in [3.05, 3.63) is 17.8 Å². The minimum Gasteiger partial charge on any atom is -0.381 e. The van der Waals surface area contributed by atoms with Crippen LogP contribution in [0.4, 0.5) is 5.82 Å². The number of ether oxygens (including phenoxy) is 2. The summed E-state index contributed by atoms with van der Waals surface area (Å²) in [5, 5.41) is 14.6. The molecule has 0 aromatic carbocycles. The molecule has 2 heterocycles. The maximum atomic E-state index is 12.2. The molecule has 1 saturated carbocycles. The second-order valence-corrected chi connectivity index (χ2v) is 6.53. The number of carbonyl (C=O) groups excluding carboxylic acids is 1. The highest BCUT2D eigenvalue weighted by molar-refractivity contribution is 5.92. The summed E-state index contributed by atoms with van der Waals surface area (Å²) in [5.41, 5.74) is 0.352. The Morgan fingerprint density at radius 3 is 2.71 bits per heavy atom. The summed E-state index contributed by atoms with van der Waals surface area (Å²) >= 11 is 0. The van der Waals surface area contributed by atoms with Crippen molar-refractivity contribution in [2.75, 3.05) is 25.6 Å². The Balaban J connectivity index is 1.51. The summed E-state index contributed by atoms with van der Waals surface area (Å²) < 4.78 is 10.7. The Morgan fingerprint density at radius 2 is 2.00 bits per heavy atom. The van der Waals surface area contributed by atoms with E-state index in [1.54, 1.807) is 13.2 Å². The fraction of sp³-hybridized carbons (Fsp3) is 0.706. The lowest BCUT2D eigenvalue weighted by Gasteiger charge is -2.29. The van der Waals surface area contributed by atoms with Crippen molar-refractivity contribution in [1.82, 2.24) is 15.5 Å². The number of nitrogens with zero attached hydrogens (tertiary/aromatic N) is 2. The molecule has 24 heavy (non-hydrogen) atoms. The monoisotopic (exact) mass is 334 g/mol. The van der Waals surface area contributed by atoms with Gasteiger partial charge in [-0.3, -0.25) is 4.79 Å². The lowest BCUT2D eigenvalue weighted by atomic mass is 9.93. The molecule has 0 spiro atoms. The van der Waals surface area contributed by atoms with Crippen molar-refractivity contribution in [3.8, 4) is 0 Å². The van der Waals surface area contributed by atoms with Crippen LogP contribution < -0.4 is 10.6 Å². The Kier molecular flexibility index (Phi) is 5.98. The highest BCUT2D eigenvalue weighted by Crippen LogP contribution is 2.23. The van der Waals surface area contributed by atoms with E-state index in [1.807, 2.05) is 6.07 Å². The maximum Gasteiger partial charge on any atom is 0.272 e. The Morgan fingerprint density at radius 1 is 1.17 bits per heavy atom. The van der Waals surface area contributed by atoms with Gasteiger partial charge in [0.1, 0.15) is 5.82 Å². The van der Waals surface area contributed by atoms with E-state index in [9.17, 15) is 4.79 Å². The predicted octanol–water partition coefficient (Wildman–Crippen LogP) is 1.75. The summed E-state index contributed by atoms with van der Waals surface area (Å²) in [6, 6.07) is 4.06. The van der Waals surface area contributed by atoms with Gasteiger partial charge in [0.15, 0.2) is 5.69 Å². The average molecular weight is 334 g/mol. The van der Waals surface area contributed by atoms with Crippen molar-refractivity contribution in [3.63, 3.8) is 0 Å². The van der Waals surface area contributed by atoms with Crippen LogP contribution in [0.5, 0.6) is 0 Å². The van der Waals surface area contributed by atoms with Crippen molar-refractivity contribution < 1.29 is 14.3 Å². The zero-order chi connectivity index (χ0) is 16.8. The summed E-state index contributed by atoms with van der Waals surface area (Å²) in [7, 11) is 1.76. The molecule has 1 saturated heterocycles. The first-order valence-corrected chi connectivity index (χ1v) is 8.76. The molecule has 132 valence electrons. The predicted molar refractivity (Wildman–Crippen MR) is 90.0 cm³/mol. The van der Waals surface area contributed by atoms with Gasteiger partial charge in [-0.05, 0) is 50.7 Å². The van der Waals surface area contributed by atoms with Crippen molar-refractivity contribution in [1.29, 1.82) is 0 Å². The fourth-order valence-electron chi connectivity index (χ4n) is 3.33. The number of carbonyl (C=O) groups is 1. The van der Waals surface area contributed by atoms with E-state index < -0.39 is 0 Å². The molecular weight excluding hydrogens is 308 g/mol.